The van der Waals surface area contributed by atoms with Crippen molar-refractivity contribution in [2.45, 2.75) is 32.0 Å². The highest BCUT2D eigenvalue weighted by Crippen LogP contribution is 2.27. The number of nitrogens with one attached hydrogen (secondary N) is 1. The monoisotopic (exact) mass is 491 g/mol. The number of carbonyl (C=O) groups excluding carboxylic acids is 1. The van der Waals surface area contributed by atoms with Gasteiger partial charge in [-0.05, 0) is 38.0 Å². The Balaban J connectivity index is 1.70. The number of hydrogen-bond donors (Lipinski definition) is 1. The van der Waals surface area contributed by atoms with Gasteiger partial charge < -0.3 is 10.2 Å². The molecule has 0 radical (unpaired) electrons. The van der Waals surface area contributed by atoms with Gasteiger partial charge in [-0.3, -0.25) is 14.2 Å². The van der Waals surface area contributed by atoms with Gasteiger partial charge in [-0.15, -0.1) is 6.58 Å². The summed E-state index contributed by atoms with van der Waals surface area (Å²) < 4.78 is 2.07. The number of nitrogens with zero attached hydrogens (tertiary/aromatic N) is 4. The van der Waals surface area contributed by atoms with Crippen LogP contribution in [0.5, 0.6) is 0 Å². The Kier molecular flexibility index (Phi) is 8.72. The van der Waals surface area contributed by atoms with E-state index in [9.17, 15) is 9.59 Å². The fraction of sp³-hybridized carbons (Fsp3) is 0.364. The molecule has 1 N–H and O–H groups in total. The normalized spacial score (nSPS) is 11.0. The number of benzene rings is 1. The maximum atomic E-state index is 13.1. The summed E-state index contributed by atoms with van der Waals surface area (Å²) >= 11 is 8.47. The Labute approximate surface area is 200 Å². The molecule has 1 aromatic carbocycles. The molecule has 32 heavy (non-hydrogen) atoms. The molecule has 2 heterocycles. The van der Waals surface area contributed by atoms with Crippen molar-refractivity contribution in [3.63, 3.8) is 0 Å². The van der Waals surface area contributed by atoms with Crippen LogP contribution in [0.4, 0.5) is 5.13 Å². The highest BCUT2D eigenvalue weighted by molar-refractivity contribution is 7.99. The second-order valence-electron chi connectivity index (χ2n) is 6.94. The van der Waals surface area contributed by atoms with Crippen LogP contribution >= 0.6 is 34.7 Å². The van der Waals surface area contributed by atoms with Gasteiger partial charge in [0.25, 0.3) is 5.56 Å². The lowest BCUT2D eigenvalue weighted by Crippen LogP contribution is -2.28. The second-order valence-corrected chi connectivity index (χ2v) is 9.29. The van der Waals surface area contributed by atoms with Crippen LogP contribution in [0.1, 0.15) is 19.4 Å². The van der Waals surface area contributed by atoms with Crippen molar-refractivity contribution in [1.29, 1.82) is 0 Å². The number of thioether (sulfide) groups is 1. The SMILES string of the molecule is C=CCn1c(SCC(=O)NCCc2ccc(Cl)cc2)nc2nc(N(CC)CC)sc2c1=O. The summed E-state index contributed by atoms with van der Waals surface area (Å²) in [5.41, 5.74) is 1.37. The molecule has 10 heteroatoms. The van der Waals surface area contributed by atoms with Crippen molar-refractivity contribution >= 4 is 56.1 Å². The average Bonchev–Trinajstić information content (AvgIpc) is 3.21. The first kappa shape index (κ1) is 24.3. The smallest absolute Gasteiger partial charge is 0.274 e. The molecule has 1 amide bonds. The van der Waals surface area contributed by atoms with Gasteiger partial charge in [0.05, 0.1) is 5.75 Å². The minimum absolute atomic E-state index is 0.120. The molecule has 3 rings (SSSR count). The minimum atomic E-state index is -0.156. The summed E-state index contributed by atoms with van der Waals surface area (Å²) in [7, 11) is 0. The van der Waals surface area contributed by atoms with Crippen LogP contribution in [0.2, 0.25) is 5.02 Å². The first-order chi connectivity index (χ1) is 15.5. The van der Waals surface area contributed by atoms with Crippen molar-refractivity contribution in [3.05, 3.63) is 57.9 Å². The number of aromatic nitrogens is 3. The van der Waals surface area contributed by atoms with Gasteiger partial charge >= 0.3 is 0 Å². The molecule has 0 saturated carbocycles. The van der Waals surface area contributed by atoms with Crippen LogP contribution in [0, 0.1) is 0 Å². The number of amides is 1. The van der Waals surface area contributed by atoms with E-state index in [4.69, 9.17) is 11.6 Å². The molecule has 0 bridgehead atoms. The molecule has 2 aromatic heterocycles. The van der Waals surface area contributed by atoms with E-state index in [1.807, 2.05) is 38.1 Å². The second kappa shape index (κ2) is 11.5. The number of carbonyl (C=O) groups is 1. The third kappa shape index (κ3) is 5.90. The average molecular weight is 492 g/mol. The largest absolute Gasteiger partial charge is 0.355 e. The van der Waals surface area contributed by atoms with E-state index in [0.29, 0.717) is 40.0 Å². The summed E-state index contributed by atoms with van der Waals surface area (Å²) in [6, 6.07) is 7.55. The predicted octanol–water partition coefficient (Wildman–Crippen LogP) is 3.99. The quantitative estimate of drug-likeness (QED) is 0.248. The zero-order valence-corrected chi connectivity index (χ0v) is 20.5. The third-order valence-electron chi connectivity index (χ3n) is 4.80. The Hall–Kier alpha value is -2.36. The van der Waals surface area contributed by atoms with Crippen LogP contribution in [0.3, 0.4) is 0 Å². The van der Waals surface area contributed by atoms with Crippen LogP contribution in [0.25, 0.3) is 10.3 Å². The Morgan fingerprint density at radius 3 is 2.66 bits per heavy atom. The summed E-state index contributed by atoms with van der Waals surface area (Å²) in [6.07, 6.45) is 2.36. The molecular formula is C22H26ClN5O2S2. The maximum Gasteiger partial charge on any atom is 0.274 e. The van der Waals surface area contributed by atoms with Gasteiger partial charge in [-0.2, -0.15) is 4.98 Å². The molecule has 7 nitrogen and oxygen atoms in total. The first-order valence-electron chi connectivity index (χ1n) is 10.4. The highest BCUT2D eigenvalue weighted by Gasteiger charge is 2.18. The lowest BCUT2D eigenvalue weighted by atomic mass is 10.1. The van der Waals surface area contributed by atoms with E-state index in [1.165, 1.54) is 23.1 Å². The molecule has 0 fully saturated rings. The molecular weight excluding hydrogens is 466 g/mol. The lowest BCUT2D eigenvalue weighted by molar-refractivity contribution is -0.118. The van der Waals surface area contributed by atoms with Gasteiger partial charge in [0.2, 0.25) is 5.91 Å². The number of halogens is 1. The molecule has 3 aromatic rings. The molecule has 0 saturated heterocycles. The molecule has 0 aliphatic heterocycles. The van der Waals surface area contributed by atoms with Gasteiger partial charge in [-0.25, -0.2) is 4.98 Å². The summed E-state index contributed by atoms with van der Waals surface area (Å²) in [4.78, 5) is 36.6. The topological polar surface area (TPSA) is 80.1 Å². The fourth-order valence-electron chi connectivity index (χ4n) is 3.08. The van der Waals surface area contributed by atoms with Crippen molar-refractivity contribution < 1.29 is 4.79 Å². The van der Waals surface area contributed by atoms with Crippen LogP contribution in [-0.2, 0) is 17.8 Å². The van der Waals surface area contributed by atoms with Crippen molar-refractivity contribution in [2.24, 2.45) is 0 Å². The van der Waals surface area contributed by atoms with Crippen molar-refractivity contribution in [2.75, 3.05) is 30.3 Å². The zero-order chi connectivity index (χ0) is 23.1. The van der Waals surface area contributed by atoms with E-state index < -0.39 is 0 Å². The van der Waals surface area contributed by atoms with E-state index in [-0.39, 0.29) is 17.2 Å². The van der Waals surface area contributed by atoms with E-state index in [0.717, 1.165) is 23.8 Å². The maximum absolute atomic E-state index is 13.1. The van der Waals surface area contributed by atoms with Crippen LogP contribution in [0.15, 0.2) is 46.9 Å². The third-order valence-corrected chi connectivity index (χ3v) is 7.12. The molecule has 0 aliphatic rings. The van der Waals surface area contributed by atoms with Gasteiger partial charge in [0.15, 0.2) is 15.9 Å². The van der Waals surface area contributed by atoms with Crippen molar-refractivity contribution in [3.8, 4) is 0 Å². The Bertz CT molecular complexity index is 1140. The Morgan fingerprint density at radius 2 is 2.00 bits per heavy atom. The minimum Gasteiger partial charge on any atom is -0.355 e. The molecule has 0 spiro atoms. The van der Waals surface area contributed by atoms with Crippen LogP contribution < -0.4 is 15.8 Å². The number of allylic oxidation sites excluding steroid dienone is 1. The molecule has 0 atom stereocenters. The van der Waals surface area contributed by atoms with E-state index >= 15 is 0 Å². The highest BCUT2D eigenvalue weighted by atomic mass is 35.5. The molecule has 0 aliphatic carbocycles. The standard InChI is InChI=1S/C22H26ClN5O2S2/c1-4-13-28-20(30)18-19(25-21(32-18)27(5-2)6-3)26-22(28)31-14-17(29)24-12-11-15-7-9-16(23)10-8-15/h4,7-10H,1,5-6,11-14H2,2-3H3,(H,24,29). The molecule has 0 unspecified atom stereocenters. The fourth-order valence-corrected chi connectivity index (χ4v) is 5.12. The predicted molar refractivity (Wildman–Crippen MR) is 134 cm³/mol. The van der Waals surface area contributed by atoms with Gasteiger partial charge in [0.1, 0.15) is 4.70 Å². The number of thiazole rings is 1. The van der Waals surface area contributed by atoms with Gasteiger partial charge in [0, 0.05) is 31.2 Å². The zero-order valence-electron chi connectivity index (χ0n) is 18.1. The summed E-state index contributed by atoms with van der Waals surface area (Å²) in [5.74, 6) is 0.0357. The van der Waals surface area contributed by atoms with Crippen molar-refractivity contribution in [1.82, 2.24) is 19.9 Å². The van der Waals surface area contributed by atoms with Crippen LogP contribution in [-0.4, -0.2) is 45.8 Å². The Morgan fingerprint density at radius 1 is 1.28 bits per heavy atom. The van der Waals surface area contributed by atoms with E-state index in [1.54, 1.807) is 10.6 Å². The number of rotatable bonds is 11. The number of hydrogen-bond acceptors (Lipinski definition) is 7. The summed E-state index contributed by atoms with van der Waals surface area (Å²) in [6.45, 7) is 10.3. The summed E-state index contributed by atoms with van der Waals surface area (Å²) in [5, 5.41) is 4.84. The number of anilines is 1. The van der Waals surface area contributed by atoms with Gasteiger partial charge in [-0.1, -0.05) is 52.9 Å². The molecule has 170 valence electrons. The lowest BCUT2D eigenvalue weighted by Gasteiger charge is -2.15. The first-order valence-corrected chi connectivity index (χ1v) is 12.6. The van der Waals surface area contributed by atoms with E-state index in [2.05, 4.69) is 26.8 Å². The number of fused-ring (bicyclic) bond motifs is 1.